The lowest BCUT2D eigenvalue weighted by atomic mass is 10.3. The molecule has 4 nitrogen and oxygen atoms in total. The second kappa shape index (κ2) is 3.64. The minimum Gasteiger partial charge on any atom is -0.364 e. The molecule has 2 heterocycles. The molecule has 0 aliphatic heterocycles. The number of halogens is 1. The van der Waals surface area contributed by atoms with Crippen LogP contribution in [0.2, 0.25) is 0 Å². The van der Waals surface area contributed by atoms with Crippen LogP contribution in [0.3, 0.4) is 0 Å². The van der Waals surface area contributed by atoms with Crippen LogP contribution >= 0.6 is 27.3 Å². The van der Waals surface area contributed by atoms with Crippen LogP contribution in [0.15, 0.2) is 22.7 Å². The molecule has 80 valence electrons. The maximum absolute atomic E-state index is 4.53. The van der Waals surface area contributed by atoms with Crippen molar-refractivity contribution in [1.29, 1.82) is 0 Å². The van der Waals surface area contributed by atoms with E-state index in [1.807, 2.05) is 25.2 Å². The van der Waals surface area contributed by atoms with Gasteiger partial charge in [0.15, 0.2) is 15.6 Å². The van der Waals surface area contributed by atoms with E-state index in [-0.39, 0.29) is 0 Å². The molecule has 0 fully saturated rings. The summed E-state index contributed by atoms with van der Waals surface area (Å²) in [5.41, 5.74) is 2.45. The molecule has 0 spiro atoms. The predicted octanol–water partition coefficient (Wildman–Crippen LogP) is 3.04. The molecule has 3 aromatic rings. The van der Waals surface area contributed by atoms with Crippen LogP contribution in [0, 0.1) is 0 Å². The number of fused-ring (bicyclic) bond motifs is 2. The zero-order valence-electron chi connectivity index (χ0n) is 8.36. The number of thiazole rings is 1. The molecular formula is C10H7BrN4S. The highest BCUT2D eigenvalue weighted by Crippen LogP contribution is 2.25. The van der Waals surface area contributed by atoms with Gasteiger partial charge in [0.2, 0.25) is 0 Å². The van der Waals surface area contributed by atoms with Gasteiger partial charge >= 0.3 is 0 Å². The Morgan fingerprint density at radius 2 is 2.06 bits per heavy atom. The largest absolute Gasteiger partial charge is 0.364 e. The monoisotopic (exact) mass is 294 g/mol. The van der Waals surface area contributed by atoms with Crippen molar-refractivity contribution in [2.75, 3.05) is 12.4 Å². The van der Waals surface area contributed by atoms with E-state index in [9.17, 15) is 0 Å². The van der Waals surface area contributed by atoms with Gasteiger partial charge in [0.05, 0.1) is 11.0 Å². The lowest BCUT2D eigenvalue weighted by molar-refractivity contribution is 1.32. The molecule has 1 N–H and O–H groups in total. The summed E-state index contributed by atoms with van der Waals surface area (Å²) in [6.07, 6.45) is 0. The molecule has 0 atom stereocenters. The van der Waals surface area contributed by atoms with Gasteiger partial charge in [0.25, 0.3) is 0 Å². The number of anilines is 1. The van der Waals surface area contributed by atoms with Gasteiger partial charge in [-0.1, -0.05) is 27.3 Å². The first-order chi connectivity index (χ1) is 7.76. The lowest BCUT2D eigenvalue weighted by Gasteiger charge is -1.96. The van der Waals surface area contributed by atoms with Gasteiger partial charge in [-0.05, 0) is 18.2 Å². The molecular weight excluding hydrogens is 288 g/mol. The van der Waals surface area contributed by atoms with Crippen LogP contribution in [0.25, 0.3) is 21.5 Å². The van der Waals surface area contributed by atoms with Gasteiger partial charge in [-0.2, -0.15) is 4.98 Å². The van der Waals surface area contributed by atoms with Gasteiger partial charge in [-0.3, -0.25) is 0 Å². The fraction of sp³-hybridized carbons (Fsp3) is 0.100. The van der Waals surface area contributed by atoms with Crippen molar-refractivity contribution in [1.82, 2.24) is 15.0 Å². The third kappa shape index (κ3) is 1.54. The highest BCUT2D eigenvalue weighted by molar-refractivity contribution is 9.10. The van der Waals surface area contributed by atoms with Crippen molar-refractivity contribution in [2.24, 2.45) is 0 Å². The maximum Gasteiger partial charge on any atom is 0.192 e. The van der Waals surface area contributed by atoms with Crippen LogP contribution in [-0.4, -0.2) is 22.0 Å². The molecule has 2 aromatic heterocycles. The van der Waals surface area contributed by atoms with E-state index in [0.29, 0.717) is 5.65 Å². The van der Waals surface area contributed by atoms with Crippen molar-refractivity contribution in [3.63, 3.8) is 0 Å². The summed E-state index contributed by atoms with van der Waals surface area (Å²) in [5.74, 6) is 0. The van der Waals surface area contributed by atoms with Crippen molar-refractivity contribution in [2.45, 2.75) is 0 Å². The summed E-state index contributed by atoms with van der Waals surface area (Å²) in [4.78, 5) is 14.2. The number of hydrogen-bond acceptors (Lipinski definition) is 5. The molecule has 0 amide bonds. The first-order valence-corrected chi connectivity index (χ1v) is 6.29. The number of hydrogen-bond donors (Lipinski definition) is 1. The van der Waals surface area contributed by atoms with E-state index in [1.165, 1.54) is 11.3 Å². The number of benzene rings is 1. The van der Waals surface area contributed by atoms with Crippen LogP contribution in [0.1, 0.15) is 0 Å². The van der Waals surface area contributed by atoms with E-state index < -0.39 is 0 Å². The van der Waals surface area contributed by atoms with Gasteiger partial charge < -0.3 is 5.32 Å². The summed E-state index contributed by atoms with van der Waals surface area (Å²) in [7, 11) is 1.84. The zero-order chi connectivity index (χ0) is 11.1. The molecule has 0 aliphatic carbocycles. The third-order valence-corrected chi connectivity index (χ3v) is 3.64. The lowest BCUT2D eigenvalue weighted by Crippen LogP contribution is -1.86. The second-order valence-corrected chi connectivity index (χ2v) is 5.15. The Morgan fingerprint density at radius 1 is 1.19 bits per heavy atom. The Kier molecular flexibility index (Phi) is 2.26. The molecule has 0 radical (unpaired) electrons. The highest BCUT2D eigenvalue weighted by Gasteiger charge is 2.07. The Hall–Kier alpha value is -1.27. The highest BCUT2D eigenvalue weighted by atomic mass is 79.9. The summed E-state index contributed by atoms with van der Waals surface area (Å²) < 4.78 is 1.01. The maximum atomic E-state index is 4.53. The van der Waals surface area contributed by atoms with Gasteiger partial charge in [0, 0.05) is 11.5 Å². The molecule has 1 aromatic carbocycles. The van der Waals surface area contributed by atoms with E-state index in [0.717, 1.165) is 25.5 Å². The molecule has 16 heavy (non-hydrogen) atoms. The van der Waals surface area contributed by atoms with E-state index in [4.69, 9.17) is 0 Å². The Labute approximate surface area is 104 Å². The third-order valence-electron chi connectivity index (χ3n) is 2.19. The van der Waals surface area contributed by atoms with Crippen molar-refractivity contribution >= 4 is 53.9 Å². The normalized spacial score (nSPS) is 11.1. The molecule has 3 rings (SSSR count). The van der Waals surface area contributed by atoms with Crippen LogP contribution in [-0.2, 0) is 0 Å². The number of nitrogens with zero attached hydrogens (tertiary/aromatic N) is 3. The van der Waals surface area contributed by atoms with E-state index in [2.05, 4.69) is 36.2 Å². The number of rotatable bonds is 1. The molecule has 6 heteroatoms. The first-order valence-electron chi connectivity index (χ1n) is 4.68. The van der Waals surface area contributed by atoms with Crippen LogP contribution in [0.5, 0.6) is 0 Å². The quantitative estimate of drug-likeness (QED) is 0.749. The molecule has 0 bridgehead atoms. The SMILES string of the molecule is CNc1nc2nc3ccc(Br)cc3nc2s1. The first kappa shape index (κ1) is 9.92. The summed E-state index contributed by atoms with van der Waals surface area (Å²) in [6.45, 7) is 0. The summed E-state index contributed by atoms with van der Waals surface area (Å²) in [5, 5.41) is 3.84. The molecule has 0 aliphatic rings. The Balaban J connectivity index is 2.37. The smallest absolute Gasteiger partial charge is 0.192 e. The fourth-order valence-electron chi connectivity index (χ4n) is 1.46. The van der Waals surface area contributed by atoms with Crippen molar-refractivity contribution in [3.05, 3.63) is 22.7 Å². The number of nitrogens with one attached hydrogen (secondary N) is 1. The van der Waals surface area contributed by atoms with Gasteiger partial charge in [0.1, 0.15) is 0 Å². The standard InChI is InChI=1S/C10H7BrN4S/c1-12-10-15-8-9(16-10)14-7-4-5(11)2-3-6(7)13-8/h2-4H,1H3,(H,12,13,15). The molecule has 0 saturated heterocycles. The summed E-state index contributed by atoms with van der Waals surface area (Å²) >= 11 is 4.93. The summed E-state index contributed by atoms with van der Waals surface area (Å²) in [6, 6.07) is 5.85. The van der Waals surface area contributed by atoms with Crippen molar-refractivity contribution < 1.29 is 0 Å². The van der Waals surface area contributed by atoms with E-state index in [1.54, 1.807) is 0 Å². The van der Waals surface area contributed by atoms with Crippen LogP contribution in [0.4, 0.5) is 5.13 Å². The van der Waals surface area contributed by atoms with Gasteiger partial charge in [-0.15, -0.1) is 0 Å². The second-order valence-electron chi connectivity index (χ2n) is 3.25. The minimum atomic E-state index is 0.698. The van der Waals surface area contributed by atoms with E-state index >= 15 is 0 Å². The minimum absolute atomic E-state index is 0.698. The van der Waals surface area contributed by atoms with Crippen LogP contribution < -0.4 is 5.32 Å². The fourth-order valence-corrected chi connectivity index (χ4v) is 2.55. The Morgan fingerprint density at radius 3 is 2.88 bits per heavy atom. The van der Waals surface area contributed by atoms with Crippen molar-refractivity contribution in [3.8, 4) is 0 Å². The number of aromatic nitrogens is 3. The Bertz CT molecular complexity index is 679. The zero-order valence-corrected chi connectivity index (χ0v) is 10.8. The van der Waals surface area contributed by atoms with Gasteiger partial charge in [-0.25, -0.2) is 9.97 Å². The average Bonchev–Trinajstić information content (AvgIpc) is 2.67. The average molecular weight is 295 g/mol. The molecule has 0 unspecified atom stereocenters. The molecule has 0 saturated carbocycles. The topological polar surface area (TPSA) is 50.7 Å². The predicted molar refractivity (Wildman–Crippen MR) is 70.0 cm³/mol.